The van der Waals surface area contributed by atoms with E-state index in [1.165, 1.54) is 4.57 Å². The first-order chi connectivity index (χ1) is 13.4. The first-order valence-electron chi connectivity index (χ1n) is 9.28. The number of anilines is 4. The Hall–Kier alpha value is -3.35. The number of nitrogens with two attached hydrogens (primary N) is 1. The second kappa shape index (κ2) is 8.12. The lowest BCUT2D eigenvalue weighted by atomic mass is 10.0. The summed E-state index contributed by atoms with van der Waals surface area (Å²) >= 11 is 0. The first kappa shape index (κ1) is 19.4. The summed E-state index contributed by atoms with van der Waals surface area (Å²) in [5, 5.41) is 3.15. The van der Waals surface area contributed by atoms with E-state index in [0.717, 1.165) is 35.6 Å². The number of aryl methyl sites for hydroxylation is 1. The van der Waals surface area contributed by atoms with E-state index in [4.69, 9.17) is 5.73 Å². The number of hydrogen-bond donors (Lipinski definition) is 2. The molecule has 2 aromatic heterocycles. The average Bonchev–Trinajstić information content (AvgIpc) is 2.68. The summed E-state index contributed by atoms with van der Waals surface area (Å²) in [4.78, 5) is 23.7. The van der Waals surface area contributed by atoms with Crippen LogP contribution < -0.4 is 21.5 Å². The van der Waals surface area contributed by atoms with Gasteiger partial charge in [0, 0.05) is 56.0 Å². The molecule has 146 valence electrons. The minimum Gasteiger partial charge on any atom is -0.398 e. The van der Waals surface area contributed by atoms with E-state index in [1.807, 2.05) is 44.3 Å². The largest absolute Gasteiger partial charge is 0.398 e. The molecule has 0 fully saturated rings. The first-order valence-corrected chi connectivity index (χ1v) is 9.28. The lowest BCUT2D eigenvalue weighted by Crippen LogP contribution is -2.22. The maximum Gasteiger partial charge on any atom is 0.293 e. The van der Waals surface area contributed by atoms with Crippen LogP contribution in [0.15, 0.2) is 47.5 Å². The van der Waals surface area contributed by atoms with Crippen LogP contribution in [0.1, 0.15) is 18.9 Å². The molecule has 0 aliphatic rings. The van der Waals surface area contributed by atoms with E-state index in [0.29, 0.717) is 11.4 Å². The monoisotopic (exact) mass is 378 g/mol. The SMILES string of the molecule is CCCN(C)c1cc(Nc2nc(-c3cccc(N)c3C)cn(C)c2=O)ccn1. The minimum atomic E-state index is -0.203. The molecule has 0 unspecified atom stereocenters. The highest BCUT2D eigenvalue weighted by Gasteiger charge is 2.12. The number of nitrogens with one attached hydrogen (secondary N) is 1. The van der Waals surface area contributed by atoms with Gasteiger partial charge in [-0.1, -0.05) is 19.1 Å². The minimum absolute atomic E-state index is 0.203. The second-order valence-corrected chi connectivity index (χ2v) is 6.86. The highest BCUT2D eigenvalue weighted by atomic mass is 16.1. The molecule has 2 heterocycles. The van der Waals surface area contributed by atoms with Crippen LogP contribution in [0.2, 0.25) is 0 Å². The molecule has 1 aromatic carbocycles. The number of nitrogen functional groups attached to an aromatic ring is 1. The van der Waals surface area contributed by atoms with Gasteiger partial charge < -0.3 is 20.5 Å². The second-order valence-electron chi connectivity index (χ2n) is 6.86. The fourth-order valence-corrected chi connectivity index (χ4v) is 3.04. The predicted molar refractivity (Wildman–Crippen MR) is 115 cm³/mol. The molecule has 0 aliphatic carbocycles. The molecule has 0 radical (unpaired) electrons. The predicted octanol–water partition coefficient (Wildman–Crippen LogP) is 3.32. The zero-order chi connectivity index (χ0) is 20.3. The molecule has 7 nitrogen and oxygen atoms in total. The molecule has 0 atom stereocenters. The molecule has 0 bridgehead atoms. The standard InChI is InChI=1S/C21H26N6O/c1-5-11-26(3)19-12-15(9-10-23-19)24-20-21(28)27(4)13-18(25-20)16-7-6-8-17(22)14(16)2/h6-10,12-13H,5,11,22H2,1-4H3,(H,23,24,25). The quantitative estimate of drug-likeness (QED) is 0.640. The molecule has 0 amide bonds. The number of rotatable bonds is 6. The van der Waals surface area contributed by atoms with Crippen molar-refractivity contribution in [2.75, 3.05) is 29.5 Å². The van der Waals surface area contributed by atoms with Gasteiger partial charge in [0.05, 0.1) is 5.69 Å². The van der Waals surface area contributed by atoms with E-state index in [9.17, 15) is 4.79 Å². The molecule has 28 heavy (non-hydrogen) atoms. The molecule has 0 spiro atoms. The molecule has 0 aliphatic heterocycles. The summed E-state index contributed by atoms with van der Waals surface area (Å²) < 4.78 is 1.53. The molecule has 7 heteroatoms. The van der Waals surface area contributed by atoms with Crippen molar-refractivity contribution in [3.63, 3.8) is 0 Å². The fourth-order valence-electron chi connectivity index (χ4n) is 3.04. The number of aromatic nitrogens is 3. The van der Waals surface area contributed by atoms with Crippen molar-refractivity contribution >= 4 is 23.0 Å². The lowest BCUT2D eigenvalue weighted by molar-refractivity contribution is 0.837. The van der Waals surface area contributed by atoms with Gasteiger partial charge in [-0.05, 0) is 31.0 Å². The number of benzene rings is 1. The third-order valence-corrected chi connectivity index (χ3v) is 4.68. The summed E-state index contributed by atoms with van der Waals surface area (Å²) in [5.74, 6) is 1.10. The zero-order valence-corrected chi connectivity index (χ0v) is 16.7. The van der Waals surface area contributed by atoms with Gasteiger partial charge in [-0.3, -0.25) is 4.79 Å². The summed E-state index contributed by atoms with van der Waals surface area (Å²) in [6, 6.07) is 9.42. The van der Waals surface area contributed by atoms with Crippen molar-refractivity contribution in [3.8, 4) is 11.3 Å². The van der Waals surface area contributed by atoms with Crippen LogP contribution in [0.5, 0.6) is 0 Å². The Morgan fingerprint density at radius 2 is 2.07 bits per heavy atom. The van der Waals surface area contributed by atoms with Crippen LogP contribution in [-0.2, 0) is 7.05 Å². The Labute approximate surface area is 164 Å². The Morgan fingerprint density at radius 1 is 1.29 bits per heavy atom. The molecular formula is C21H26N6O. The van der Waals surface area contributed by atoms with E-state index in [-0.39, 0.29) is 11.4 Å². The van der Waals surface area contributed by atoms with Crippen molar-refractivity contribution in [3.05, 3.63) is 58.6 Å². The van der Waals surface area contributed by atoms with Crippen molar-refractivity contribution < 1.29 is 0 Å². The lowest BCUT2D eigenvalue weighted by Gasteiger charge is -2.18. The smallest absolute Gasteiger partial charge is 0.293 e. The third kappa shape index (κ3) is 3.98. The van der Waals surface area contributed by atoms with Crippen molar-refractivity contribution in [1.82, 2.24) is 14.5 Å². The Morgan fingerprint density at radius 3 is 2.82 bits per heavy atom. The van der Waals surface area contributed by atoms with Gasteiger partial charge in [-0.2, -0.15) is 0 Å². The van der Waals surface area contributed by atoms with Gasteiger partial charge in [0.15, 0.2) is 5.82 Å². The van der Waals surface area contributed by atoms with E-state index >= 15 is 0 Å². The van der Waals surface area contributed by atoms with Crippen LogP contribution in [-0.4, -0.2) is 28.1 Å². The molecule has 0 saturated carbocycles. The van der Waals surface area contributed by atoms with Crippen molar-refractivity contribution in [2.24, 2.45) is 7.05 Å². The van der Waals surface area contributed by atoms with Crippen molar-refractivity contribution in [1.29, 1.82) is 0 Å². The number of hydrogen-bond acceptors (Lipinski definition) is 6. The molecule has 3 aromatic rings. The van der Waals surface area contributed by atoms with E-state index in [1.54, 1.807) is 19.4 Å². The van der Waals surface area contributed by atoms with Crippen molar-refractivity contribution in [2.45, 2.75) is 20.3 Å². The van der Waals surface area contributed by atoms with Crippen LogP contribution in [0.4, 0.5) is 23.0 Å². The Kier molecular flexibility index (Phi) is 5.63. The number of pyridine rings is 1. The molecular weight excluding hydrogens is 352 g/mol. The highest BCUT2D eigenvalue weighted by molar-refractivity contribution is 5.71. The maximum absolute atomic E-state index is 12.6. The van der Waals surface area contributed by atoms with E-state index in [2.05, 4.69) is 27.1 Å². The normalized spacial score (nSPS) is 10.7. The Balaban J connectivity index is 1.99. The van der Waals surface area contributed by atoms with Gasteiger partial charge in [-0.25, -0.2) is 9.97 Å². The summed E-state index contributed by atoms with van der Waals surface area (Å²) in [6.45, 7) is 4.97. The average molecular weight is 378 g/mol. The van der Waals surface area contributed by atoms with Gasteiger partial charge in [-0.15, -0.1) is 0 Å². The Bertz CT molecular complexity index is 1040. The van der Waals surface area contributed by atoms with Gasteiger partial charge >= 0.3 is 0 Å². The number of nitrogens with zero attached hydrogens (tertiary/aromatic N) is 4. The molecule has 3 N–H and O–H groups in total. The van der Waals surface area contributed by atoms with Gasteiger partial charge in [0.25, 0.3) is 5.56 Å². The van der Waals surface area contributed by atoms with Gasteiger partial charge in [0.1, 0.15) is 5.82 Å². The van der Waals surface area contributed by atoms with Crippen LogP contribution >= 0.6 is 0 Å². The zero-order valence-electron chi connectivity index (χ0n) is 16.7. The fraction of sp³-hybridized carbons (Fsp3) is 0.286. The van der Waals surface area contributed by atoms with Crippen LogP contribution in [0.3, 0.4) is 0 Å². The summed E-state index contributed by atoms with van der Waals surface area (Å²) in [6.07, 6.45) is 4.47. The third-order valence-electron chi connectivity index (χ3n) is 4.68. The van der Waals surface area contributed by atoms with E-state index < -0.39 is 0 Å². The molecule has 3 rings (SSSR count). The van der Waals surface area contributed by atoms with Gasteiger partial charge in [0.2, 0.25) is 0 Å². The highest BCUT2D eigenvalue weighted by Crippen LogP contribution is 2.26. The van der Waals surface area contributed by atoms with Crippen LogP contribution in [0, 0.1) is 6.92 Å². The van der Waals surface area contributed by atoms with Crippen LogP contribution in [0.25, 0.3) is 11.3 Å². The summed E-state index contributed by atoms with van der Waals surface area (Å²) in [5.41, 5.74) is 9.81. The summed E-state index contributed by atoms with van der Waals surface area (Å²) in [7, 11) is 3.71. The molecule has 0 saturated heterocycles. The maximum atomic E-state index is 12.6. The topological polar surface area (TPSA) is 89.1 Å².